The number of rotatable bonds is 7. The fourth-order valence-electron chi connectivity index (χ4n) is 1.64. The smallest absolute Gasteiger partial charge is 0.0969 e. The highest BCUT2D eigenvalue weighted by molar-refractivity contribution is 5.28. The van der Waals surface area contributed by atoms with Crippen molar-refractivity contribution in [3.63, 3.8) is 0 Å². The van der Waals surface area contributed by atoms with E-state index in [1.807, 2.05) is 30.3 Å². The van der Waals surface area contributed by atoms with Gasteiger partial charge in [-0.25, -0.2) is 0 Å². The van der Waals surface area contributed by atoms with Gasteiger partial charge in [-0.15, -0.1) is 0 Å². The molecule has 2 N–H and O–H groups in total. The maximum absolute atomic E-state index is 8.66. The summed E-state index contributed by atoms with van der Waals surface area (Å²) in [6, 6.07) is 9.84. The number of benzene rings is 1. The molecule has 0 saturated carbocycles. The van der Waals surface area contributed by atoms with Crippen LogP contribution in [0.25, 0.3) is 5.69 Å². The molecule has 0 fully saturated rings. The second-order valence-corrected chi connectivity index (χ2v) is 4.07. The summed E-state index contributed by atoms with van der Waals surface area (Å²) >= 11 is 0. The molecule has 18 heavy (non-hydrogen) atoms. The summed E-state index contributed by atoms with van der Waals surface area (Å²) in [7, 11) is 0. The first kappa shape index (κ1) is 12.7. The Balaban J connectivity index is 1.83. The van der Waals surface area contributed by atoms with Crippen molar-refractivity contribution in [2.24, 2.45) is 0 Å². The van der Waals surface area contributed by atoms with Crippen LogP contribution in [0.3, 0.4) is 0 Å². The number of nitrogens with zero attached hydrogens (tertiary/aromatic N) is 3. The number of hydrogen-bond donors (Lipinski definition) is 2. The van der Waals surface area contributed by atoms with Crippen LogP contribution in [-0.2, 0) is 6.54 Å². The summed E-state index contributed by atoms with van der Waals surface area (Å²) in [5.41, 5.74) is 1.88. The lowest BCUT2D eigenvalue weighted by Gasteiger charge is -2.01. The number of nitrogens with one attached hydrogen (secondary N) is 1. The van der Waals surface area contributed by atoms with Crippen molar-refractivity contribution in [1.82, 2.24) is 20.3 Å². The van der Waals surface area contributed by atoms with Crippen molar-refractivity contribution in [1.29, 1.82) is 0 Å². The lowest BCUT2D eigenvalue weighted by atomic mass is 10.3. The molecule has 1 aromatic heterocycles. The highest BCUT2D eigenvalue weighted by atomic mass is 16.2. The summed E-state index contributed by atoms with van der Waals surface area (Å²) in [5, 5.41) is 20.6. The molecule has 0 bridgehead atoms. The molecule has 0 atom stereocenters. The summed E-state index contributed by atoms with van der Waals surface area (Å²) in [4.78, 5) is 1.63. The van der Waals surface area contributed by atoms with Crippen molar-refractivity contribution in [3.05, 3.63) is 42.2 Å². The van der Waals surface area contributed by atoms with Gasteiger partial charge in [-0.05, 0) is 31.5 Å². The van der Waals surface area contributed by atoms with Gasteiger partial charge >= 0.3 is 0 Å². The number of unbranched alkanes of at least 4 members (excludes halogenated alkanes) is 1. The van der Waals surface area contributed by atoms with Crippen LogP contribution in [0.15, 0.2) is 36.5 Å². The molecule has 0 unspecified atom stereocenters. The molecule has 2 aromatic rings. The van der Waals surface area contributed by atoms with E-state index in [4.69, 9.17) is 5.11 Å². The second-order valence-electron chi connectivity index (χ2n) is 4.07. The van der Waals surface area contributed by atoms with Crippen LogP contribution in [0.5, 0.6) is 0 Å². The molecular weight excluding hydrogens is 228 g/mol. The monoisotopic (exact) mass is 246 g/mol. The molecule has 0 saturated heterocycles. The third-order valence-corrected chi connectivity index (χ3v) is 2.59. The number of aliphatic hydroxyl groups is 1. The topological polar surface area (TPSA) is 63.0 Å². The quantitative estimate of drug-likeness (QED) is 0.719. The molecule has 5 nitrogen and oxygen atoms in total. The minimum Gasteiger partial charge on any atom is -0.396 e. The Hall–Kier alpha value is -1.72. The van der Waals surface area contributed by atoms with Gasteiger partial charge in [-0.1, -0.05) is 18.2 Å². The van der Waals surface area contributed by atoms with E-state index in [-0.39, 0.29) is 6.61 Å². The normalized spacial score (nSPS) is 10.7. The molecule has 0 radical (unpaired) electrons. The molecule has 0 amide bonds. The van der Waals surface area contributed by atoms with Crippen LogP contribution < -0.4 is 5.32 Å². The van der Waals surface area contributed by atoms with Gasteiger partial charge in [-0.2, -0.15) is 15.0 Å². The number of hydrogen-bond acceptors (Lipinski definition) is 4. The molecule has 96 valence electrons. The lowest BCUT2D eigenvalue weighted by Crippen LogP contribution is -2.15. The van der Waals surface area contributed by atoms with E-state index in [1.54, 1.807) is 11.0 Å². The van der Waals surface area contributed by atoms with E-state index in [1.165, 1.54) is 0 Å². The first-order chi connectivity index (χ1) is 8.90. The van der Waals surface area contributed by atoms with E-state index in [9.17, 15) is 0 Å². The lowest BCUT2D eigenvalue weighted by molar-refractivity contribution is 0.283. The van der Waals surface area contributed by atoms with Gasteiger partial charge < -0.3 is 10.4 Å². The average molecular weight is 246 g/mol. The van der Waals surface area contributed by atoms with Crippen LogP contribution in [0.1, 0.15) is 18.5 Å². The molecule has 2 rings (SSSR count). The molecule has 1 heterocycles. The van der Waals surface area contributed by atoms with Gasteiger partial charge in [-0.3, -0.25) is 0 Å². The maximum Gasteiger partial charge on any atom is 0.0969 e. The van der Waals surface area contributed by atoms with Gasteiger partial charge in [0.2, 0.25) is 0 Å². The Morgan fingerprint density at radius 3 is 2.78 bits per heavy atom. The maximum atomic E-state index is 8.66. The number of para-hydroxylation sites is 1. The summed E-state index contributed by atoms with van der Waals surface area (Å²) < 4.78 is 0. The first-order valence-electron chi connectivity index (χ1n) is 6.18. The van der Waals surface area contributed by atoms with Crippen LogP contribution in [0.4, 0.5) is 0 Å². The van der Waals surface area contributed by atoms with E-state index in [0.29, 0.717) is 6.54 Å². The SMILES string of the molecule is OCCCCNCc1cnn(-c2ccccc2)n1. The second kappa shape index (κ2) is 6.88. The molecule has 5 heteroatoms. The highest BCUT2D eigenvalue weighted by Crippen LogP contribution is 2.03. The van der Waals surface area contributed by atoms with Crippen molar-refractivity contribution < 1.29 is 5.11 Å². The zero-order valence-corrected chi connectivity index (χ0v) is 10.3. The third-order valence-electron chi connectivity index (χ3n) is 2.59. The standard InChI is InChI=1S/C13H18N4O/c18-9-5-4-8-14-10-12-11-15-17(16-12)13-6-2-1-3-7-13/h1-3,6-7,11,14,18H,4-5,8-10H2. The number of aliphatic hydroxyl groups excluding tert-OH is 1. The Labute approximate surface area is 106 Å². The minimum atomic E-state index is 0.256. The zero-order chi connectivity index (χ0) is 12.6. The molecule has 0 aliphatic heterocycles. The first-order valence-corrected chi connectivity index (χ1v) is 6.18. The minimum absolute atomic E-state index is 0.256. The summed E-state index contributed by atoms with van der Waals surface area (Å²) in [6.07, 6.45) is 3.58. The van der Waals surface area contributed by atoms with Crippen LogP contribution >= 0.6 is 0 Å². The largest absolute Gasteiger partial charge is 0.396 e. The average Bonchev–Trinajstić information content (AvgIpc) is 2.88. The molecule has 1 aromatic carbocycles. The Morgan fingerprint density at radius 2 is 2.00 bits per heavy atom. The Kier molecular flexibility index (Phi) is 4.87. The molecule has 0 aliphatic carbocycles. The Bertz CT molecular complexity index is 455. The van der Waals surface area contributed by atoms with Crippen LogP contribution in [0.2, 0.25) is 0 Å². The van der Waals surface area contributed by atoms with Gasteiger partial charge in [0, 0.05) is 13.2 Å². The molecular formula is C13H18N4O. The molecule has 0 aliphatic rings. The van der Waals surface area contributed by atoms with Gasteiger partial charge in [0.25, 0.3) is 0 Å². The van der Waals surface area contributed by atoms with Gasteiger partial charge in [0.05, 0.1) is 17.6 Å². The highest BCUT2D eigenvalue weighted by Gasteiger charge is 2.01. The Morgan fingerprint density at radius 1 is 1.17 bits per heavy atom. The van der Waals surface area contributed by atoms with Gasteiger partial charge in [0.1, 0.15) is 0 Å². The third kappa shape index (κ3) is 3.65. The van der Waals surface area contributed by atoms with Crippen molar-refractivity contribution in [3.8, 4) is 5.69 Å². The predicted molar refractivity (Wildman–Crippen MR) is 69.4 cm³/mol. The molecule has 0 spiro atoms. The van der Waals surface area contributed by atoms with Gasteiger partial charge in [0.15, 0.2) is 0 Å². The predicted octanol–water partition coefficient (Wildman–Crippen LogP) is 1.13. The van der Waals surface area contributed by atoms with Crippen LogP contribution in [0, 0.1) is 0 Å². The van der Waals surface area contributed by atoms with Crippen molar-refractivity contribution >= 4 is 0 Å². The van der Waals surface area contributed by atoms with E-state index >= 15 is 0 Å². The van der Waals surface area contributed by atoms with E-state index < -0.39 is 0 Å². The fourth-order valence-corrected chi connectivity index (χ4v) is 1.64. The zero-order valence-electron chi connectivity index (χ0n) is 10.3. The van der Waals surface area contributed by atoms with Crippen molar-refractivity contribution in [2.75, 3.05) is 13.2 Å². The van der Waals surface area contributed by atoms with Crippen molar-refractivity contribution in [2.45, 2.75) is 19.4 Å². The fraction of sp³-hybridized carbons (Fsp3) is 0.385. The van der Waals surface area contributed by atoms with E-state index in [0.717, 1.165) is 30.8 Å². The van der Waals surface area contributed by atoms with E-state index in [2.05, 4.69) is 15.5 Å². The number of aromatic nitrogens is 3. The van der Waals surface area contributed by atoms with Crippen LogP contribution in [-0.4, -0.2) is 33.3 Å². The summed E-state index contributed by atoms with van der Waals surface area (Å²) in [6.45, 7) is 1.85. The summed E-state index contributed by atoms with van der Waals surface area (Å²) in [5.74, 6) is 0.